The molecule has 1 amide bonds. The standard InChI is InChI=1S/C19H17NO6/c1-12-2-3-13(24-12)11-17-18(21)15-5-4-14(10-16(15)26-17)25-19(22)20-6-8-23-9-7-20/h2-5,10-11H,6-9H2,1H3/b17-11-. The molecule has 4 rings (SSSR count). The Morgan fingerprint density at radius 1 is 1.19 bits per heavy atom. The zero-order chi connectivity index (χ0) is 18.1. The number of amides is 1. The largest absolute Gasteiger partial charge is 0.462 e. The molecule has 3 heterocycles. The third kappa shape index (κ3) is 3.21. The van der Waals surface area contributed by atoms with Crippen LogP contribution in [0.4, 0.5) is 4.79 Å². The quantitative estimate of drug-likeness (QED) is 0.771. The summed E-state index contributed by atoms with van der Waals surface area (Å²) in [6.45, 7) is 3.81. The molecule has 0 bridgehead atoms. The van der Waals surface area contributed by atoms with E-state index >= 15 is 0 Å². The summed E-state index contributed by atoms with van der Waals surface area (Å²) >= 11 is 0. The number of hydrogen-bond donors (Lipinski definition) is 0. The summed E-state index contributed by atoms with van der Waals surface area (Å²) < 4.78 is 21.7. The maximum Gasteiger partial charge on any atom is 0.415 e. The first-order chi connectivity index (χ1) is 12.6. The summed E-state index contributed by atoms with van der Waals surface area (Å²) in [5, 5.41) is 0. The van der Waals surface area contributed by atoms with Crippen molar-refractivity contribution in [2.24, 2.45) is 0 Å². The minimum Gasteiger partial charge on any atom is -0.462 e. The van der Waals surface area contributed by atoms with Crippen LogP contribution in [0.25, 0.3) is 6.08 Å². The number of furan rings is 1. The number of hydrogen-bond acceptors (Lipinski definition) is 6. The Labute approximate surface area is 149 Å². The summed E-state index contributed by atoms with van der Waals surface area (Å²) in [4.78, 5) is 26.2. The van der Waals surface area contributed by atoms with Gasteiger partial charge in [0.05, 0.1) is 18.8 Å². The van der Waals surface area contributed by atoms with Gasteiger partial charge in [0.15, 0.2) is 5.76 Å². The van der Waals surface area contributed by atoms with Crippen molar-refractivity contribution in [3.63, 3.8) is 0 Å². The van der Waals surface area contributed by atoms with Crippen LogP contribution in [-0.2, 0) is 4.74 Å². The van der Waals surface area contributed by atoms with Gasteiger partial charge in [-0.1, -0.05) is 0 Å². The third-order valence-electron chi connectivity index (χ3n) is 4.15. The fourth-order valence-corrected chi connectivity index (χ4v) is 2.80. The molecule has 2 aliphatic heterocycles. The number of benzene rings is 1. The number of carbonyl (C=O) groups is 2. The maximum atomic E-state index is 12.4. The topological polar surface area (TPSA) is 78.2 Å². The molecule has 7 nitrogen and oxygen atoms in total. The van der Waals surface area contributed by atoms with E-state index in [1.807, 2.05) is 13.0 Å². The molecular weight excluding hydrogens is 338 g/mol. The molecule has 1 fully saturated rings. The van der Waals surface area contributed by atoms with Crippen molar-refractivity contribution in [1.29, 1.82) is 0 Å². The second kappa shape index (κ2) is 6.68. The van der Waals surface area contributed by atoms with Crippen molar-refractivity contribution in [3.8, 4) is 11.5 Å². The van der Waals surface area contributed by atoms with Crippen LogP contribution >= 0.6 is 0 Å². The van der Waals surface area contributed by atoms with Crippen LogP contribution in [0.5, 0.6) is 11.5 Å². The summed E-state index contributed by atoms with van der Waals surface area (Å²) in [5.74, 6) is 1.90. The van der Waals surface area contributed by atoms with Gasteiger partial charge >= 0.3 is 6.09 Å². The van der Waals surface area contributed by atoms with E-state index in [2.05, 4.69) is 0 Å². The van der Waals surface area contributed by atoms with Gasteiger partial charge in [-0.2, -0.15) is 0 Å². The van der Waals surface area contributed by atoms with E-state index in [0.717, 1.165) is 5.76 Å². The number of fused-ring (bicyclic) bond motifs is 1. The predicted molar refractivity (Wildman–Crippen MR) is 91.2 cm³/mol. The highest BCUT2D eigenvalue weighted by Gasteiger charge is 2.29. The van der Waals surface area contributed by atoms with Crippen LogP contribution in [-0.4, -0.2) is 43.1 Å². The number of Topliss-reactive ketones (excluding diaryl/α,β-unsaturated/α-hetero) is 1. The lowest BCUT2D eigenvalue weighted by Gasteiger charge is -2.25. The van der Waals surface area contributed by atoms with Crippen LogP contribution in [0.3, 0.4) is 0 Å². The molecule has 0 atom stereocenters. The monoisotopic (exact) mass is 355 g/mol. The number of nitrogens with zero attached hydrogens (tertiary/aromatic N) is 1. The smallest absolute Gasteiger partial charge is 0.415 e. The van der Waals surface area contributed by atoms with Gasteiger partial charge in [0, 0.05) is 25.2 Å². The number of ether oxygens (including phenoxy) is 3. The van der Waals surface area contributed by atoms with E-state index in [4.69, 9.17) is 18.6 Å². The molecule has 1 saturated heterocycles. The van der Waals surface area contributed by atoms with E-state index < -0.39 is 6.09 Å². The normalized spacial score (nSPS) is 18.0. The second-order valence-electron chi connectivity index (χ2n) is 6.01. The Kier molecular flexibility index (Phi) is 4.22. The van der Waals surface area contributed by atoms with Crippen LogP contribution in [0.1, 0.15) is 21.9 Å². The molecule has 0 aliphatic carbocycles. The van der Waals surface area contributed by atoms with E-state index in [0.29, 0.717) is 49.1 Å². The van der Waals surface area contributed by atoms with Gasteiger partial charge in [0.1, 0.15) is 23.0 Å². The number of carbonyl (C=O) groups excluding carboxylic acids is 2. The van der Waals surface area contributed by atoms with Crippen LogP contribution in [0, 0.1) is 6.92 Å². The van der Waals surface area contributed by atoms with E-state index in [1.54, 1.807) is 35.2 Å². The molecule has 26 heavy (non-hydrogen) atoms. The van der Waals surface area contributed by atoms with Gasteiger partial charge in [0.25, 0.3) is 0 Å². The number of ketones is 1. The van der Waals surface area contributed by atoms with E-state index in [1.165, 1.54) is 0 Å². The zero-order valence-corrected chi connectivity index (χ0v) is 14.2. The Hall–Kier alpha value is -3.06. The lowest BCUT2D eigenvalue weighted by atomic mass is 10.1. The minimum absolute atomic E-state index is 0.172. The highest BCUT2D eigenvalue weighted by molar-refractivity contribution is 6.14. The first-order valence-corrected chi connectivity index (χ1v) is 8.29. The molecule has 0 spiro atoms. The van der Waals surface area contributed by atoms with Crippen molar-refractivity contribution in [2.45, 2.75) is 6.92 Å². The lowest BCUT2D eigenvalue weighted by Crippen LogP contribution is -2.42. The van der Waals surface area contributed by atoms with Crippen molar-refractivity contribution >= 4 is 18.0 Å². The lowest BCUT2D eigenvalue weighted by molar-refractivity contribution is 0.0416. The predicted octanol–water partition coefficient (Wildman–Crippen LogP) is 3.04. The minimum atomic E-state index is -0.445. The van der Waals surface area contributed by atoms with E-state index in [9.17, 15) is 9.59 Å². The van der Waals surface area contributed by atoms with Crippen LogP contribution < -0.4 is 9.47 Å². The average molecular weight is 355 g/mol. The number of allylic oxidation sites excluding steroid dienone is 1. The molecule has 134 valence electrons. The van der Waals surface area contributed by atoms with E-state index in [-0.39, 0.29) is 11.5 Å². The van der Waals surface area contributed by atoms with Gasteiger partial charge in [-0.05, 0) is 31.2 Å². The highest BCUT2D eigenvalue weighted by atomic mass is 16.6. The second-order valence-corrected chi connectivity index (χ2v) is 6.01. The van der Waals surface area contributed by atoms with Gasteiger partial charge < -0.3 is 23.5 Å². The van der Waals surface area contributed by atoms with Gasteiger partial charge in [0.2, 0.25) is 5.78 Å². The number of rotatable bonds is 2. The first kappa shape index (κ1) is 16.4. The van der Waals surface area contributed by atoms with Gasteiger partial charge in [-0.25, -0.2) is 4.79 Å². The highest BCUT2D eigenvalue weighted by Crippen LogP contribution is 2.35. The molecule has 0 saturated carbocycles. The van der Waals surface area contributed by atoms with Gasteiger partial charge in [-0.3, -0.25) is 4.79 Å². The molecule has 0 radical (unpaired) electrons. The third-order valence-corrected chi connectivity index (χ3v) is 4.15. The van der Waals surface area contributed by atoms with Gasteiger partial charge in [-0.15, -0.1) is 0 Å². The molecule has 1 aromatic carbocycles. The summed E-state index contributed by atoms with van der Waals surface area (Å²) in [7, 11) is 0. The van der Waals surface area contributed by atoms with Crippen molar-refractivity contribution < 1.29 is 28.2 Å². The molecule has 2 aromatic rings. The fraction of sp³-hybridized carbons (Fsp3) is 0.263. The molecule has 2 aliphatic rings. The zero-order valence-electron chi connectivity index (χ0n) is 14.2. The number of morpholine rings is 1. The SMILES string of the molecule is Cc1ccc(/C=C2\Oc3cc(OC(=O)N4CCOCC4)ccc3C2=O)o1. The molecular formula is C19H17NO6. The van der Waals surface area contributed by atoms with Crippen LogP contribution in [0.15, 0.2) is 40.5 Å². The Morgan fingerprint density at radius 2 is 2.00 bits per heavy atom. The summed E-state index contributed by atoms with van der Waals surface area (Å²) in [6, 6.07) is 8.28. The van der Waals surface area contributed by atoms with Crippen LogP contribution in [0.2, 0.25) is 0 Å². The Balaban J connectivity index is 1.50. The summed E-state index contributed by atoms with van der Waals surface area (Å²) in [5.41, 5.74) is 0.422. The molecule has 7 heteroatoms. The fourth-order valence-electron chi connectivity index (χ4n) is 2.80. The van der Waals surface area contributed by atoms with Crippen molar-refractivity contribution in [1.82, 2.24) is 4.90 Å². The van der Waals surface area contributed by atoms with Crippen molar-refractivity contribution in [2.75, 3.05) is 26.3 Å². The maximum absolute atomic E-state index is 12.4. The van der Waals surface area contributed by atoms with Crippen molar-refractivity contribution in [3.05, 3.63) is 53.2 Å². The first-order valence-electron chi connectivity index (χ1n) is 8.29. The molecule has 1 aromatic heterocycles. The Bertz CT molecular complexity index is 891. The molecule has 0 unspecified atom stereocenters. The number of aryl methyl sites for hydroxylation is 1. The average Bonchev–Trinajstić information content (AvgIpc) is 3.19. The summed E-state index contributed by atoms with van der Waals surface area (Å²) in [6.07, 6.45) is 1.11. The Morgan fingerprint density at radius 3 is 2.73 bits per heavy atom. The molecule has 0 N–H and O–H groups in total.